The molecule has 1 aliphatic heterocycles. The van der Waals surface area contributed by atoms with Crippen LogP contribution in [-0.4, -0.2) is 16.5 Å². The Morgan fingerprint density at radius 3 is 2.70 bits per heavy atom. The number of para-hydroxylation sites is 1. The third kappa shape index (κ3) is 4.11. The molecule has 3 N–H and O–H groups in total. The molecule has 0 bridgehead atoms. The summed E-state index contributed by atoms with van der Waals surface area (Å²) < 4.78 is 13.9. The molecule has 1 aromatic heterocycles. The van der Waals surface area contributed by atoms with Crippen molar-refractivity contribution in [2.45, 2.75) is 39.8 Å². The molecule has 158 valence electrons. The van der Waals surface area contributed by atoms with Crippen LogP contribution in [0.25, 0.3) is 0 Å². The highest BCUT2D eigenvalue weighted by molar-refractivity contribution is 5.85. The van der Waals surface area contributed by atoms with Gasteiger partial charge in [-0.15, -0.1) is 12.4 Å². The van der Waals surface area contributed by atoms with Crippen LogP contribution in [0.1, 0.15) is 40.9 Å². The molecular weight excluding hydrogens is 401 g/mol. The van der Waals surface area contributed by atoms with Gasteiger partial charge in [0.2, 0.25) is 5.95 Å². The first-order chi connectivity index (χ1) is 14.0. The van der Waals surface area contributed by atoms with E-state index in [0.717, 1.165) is 46.9 Å². The molecule has 7 heteroatoms. The van der Waals surface area contributed by atoms with E-state index in [4.69, 9.17) is 10.7 Å². The Bertz CT molecular complexity index is 1060. The zero-order valence-electron chi connectivity index (χ0n) is 17.4. The van der Waals surface area contributed by atoms with Crippen molar-refractivity contribution in [2.75, 3.05) is 16.8 Å². The van der Waals surface area contributed by atoms with E-state index in [0.29, 0.717) is 12.5 Å². The predicted molar refractivity (Wildman–Crippen MR) is 122 cm³/mol. The van der Waals surface area contributed by atoms with Crippen LogP contribution in [0.5, 0.6) is 0 Å². The first-order valence-electron chi connectivity index (χ1n) is 9.93. The molecule has 1 aliphatic rings. The molecule has 1 unspecified atom stereocenters. The first kappa shape index (κ1) is 22.0. The third-order valence-electron chi connectivity index (χ3n) is 5.77. The molecule has 0 amide bonds. The summed E-state index contributed by atoms with van der Waals surface area (Å²) >= 11 is 0. The van der Waals surface area contributed by atoms with Crippen LogP contribution in [0.4, 0.5) is 21.8 Å². The number of rotatable bonds is 4. The van der Waals surface area contributed by atoms with E-state index in [1.54, 1.807) is 6.07 Å². The normalized spacial score (nSPS) is 15.4. The Labute approximate surface area is 183 Å². The lowest BCUT2D eigenvalue weighted by molar-refractivity contribution is 0.589. The fraction of sp³-hybridized carbons (Fsp3) is 0.304. The molecule has 4 rings (SSSR count). The van der Waals surface area contributed by atoms with Gasteiger partial charge in [0.15, 0.2) is 0 Å². The highest BCUT2D eigenvalue weighted by Gasteiger charge is 2.27. The Morgan fingerprint density at radius 2 is 1.93 bits per heavy atom. The maximum Gasteiger partial charge on any atom is 0.229 e. The van der Waals surface area contributed by atoms with Gasteiger partial charge in [0, 0.05) is 30.0 Å². The number of aryl methyl sites for hydroxylation is 1. The number of nitrogens with zero attached hydrogens (tertiary/aromatic N) is 3. The highest BCUT2D eigenvalue weighted by atomic mass is 35.5. The summed E-state index contributed by atoms with van der Waals surface area (Å²) in [6, 6.07) is 13.0. The summed E-state index contributed by atoms with van der Waals surface area (Å²) in [4.78, 5) is 11.7. The van der Waals surface area contributed by atoms with Gasteiger partial charge in [-0.25, -0.2) is 9.37 Å². The second kappa shape index (κ2) is 8.98. The van der Waals surface area contributed by atoms with E-state index in [1.165, 1.54) is 11.6 Å². The van der Waals surface area contributed by atoms with Crippen molar-refractivity contribution in [1.82, 2.24) is 9.97 Å². The van der Waals surface area contributed by atoms with E-state index in [9.17, 15) is 4.39 Å². The third-order valence-corrected chi connectivity index (χ3v) is 5.77. The Balaban J connectivity index is 0.00000256. The minimum Gasteiger partial charge on any atom is -0.349 e. The second-order valence-electron chi connectivity index (χ2n) is 7.53. The molecular formula is C23H27ClFN5. The van der Waals surface area contributed by atoms with Crippen LogP contribution >= 0.6 is 12.4 Å². The average molecular weight is 428 g/mol. The molecule has 0 spiro atoms. The van der Waals surface area contributed by atoms with Crippen LogP contribution < -0.4 is 16.0 Å². The van der Waals surface area contributed by atoms with Crippen molar-refractivity contribution in [3.05, 3.63) is 76.2 Å². The van der Waals surface area contributed by atoms with Gasteiger partial charge in [-0.05, 0) is 62.1 Å². The number of nitrogens with two attached hydrogens (primary N) is 1. The van der Waals surface area contributed by atoms with Crippen molar-refractivity contribution in [3.63, 3.8) is 0 Å². The van der Waals surface area contributed by atoms with Crippen LogP contribution in [0, 0.1) is 19.7 Å². The minimum absolute atomic E-state index is 0. The molecule has 0 saturated carbocycles. The van der Waals surface area contributed by atoms with Crippen LogP contribution in [0.3, 0.4) is 0 Å². The van der Waals surface area contributed by atoms with Crippen LogP contribution in [-0.2, 0) is 13.0 Å². The van der Waals surface area contributed by atoms with E-state index >= 15 is 0 Å². The van der Waals surface area contributed by atoms with E-state index in [1.807, 2.05) is 44.2 Å². The molecule has 0 radical (unpaired) electrons. The van der Waals surface area contributed by atoms with Gasteiger partial charge in [0.05, 0.1) is 6.04 Å². The number of hydrogen-bond acceptors (Lipinski definition) is 5. The fourth-order valence-electron chi connectivity index (χ4n) is 3.96. The fourth-order valence-corrected chi connectivity index (χ4v) is 3.96. The average Bonchev–Trinajstić information content (AvgIpc) is 2.72. The lowest BCUT2D eigenvalue weighted by atomic mass is 9.93. The van der Waals surface area contributed by atoms with E-state index in [2.05, 4.69) is 22.1 Å². The number of benzene rings is 2. The molecule has 0 fully saturated rings. The standard InChI is InChI=1S/C23H26FN5.ClH/c1-14-15(2)26-23(27-21-7-5-4-6-18(21)13-25)28-22(14)29-11-10-17-8-9-19(24)12-20(17)16(29)3;/h4-9,12,16H,10-11,13,25H2,1-3H3,(H,26,27,28);1H. The summed E-state index contributed by atoms with van der Waals surface area (Å²) in [6.45, 7) is 7.40. The highest BCUT2D eigenvalue weighted by Crippen LogP contribution is 2.35. The lowest BCUT2D eigenvalue weighted by Gasteiger charge is -2.37. The molecule has 1 atom stereocenters. The summed E-state index contributed by atoms with van der Waals surface area (Å²) in [6.07, 6.45) is 0.862. The Morgan fingerprint density at radius 1 is 1.17 bits per heavy atom. The largest absolute Gasteiger partial charge is 0.349 e. The van der Waals surface area contributed by atoms with Crippen molar-refractivity contribution >= 4 is 29.9 Å². The summed E-state index contributed by atoms with van der Waals surface area (Å²) in [5.41, 5.74) is 12.0. The maximum absolute atomic E-state index is 13.9. The molecule has 3 aromatic rings. The predicted octanol–water partition coefficient (Wildman–Crippen LogP) is 4.98. The Hall–Kier alpha value is -2.70. The van der Waals surface area contributed by atoms with Gasteiger partial charge < -0.3 is 16.0 Å². The molecule has 0 aliphatic carbocycles. The Kier molecular flexibility index (Phi) is 6.58. The van der Waals surface area contributed by atoms with Crippen LogP contribution in [0.15, 0.2) is 42.5 Å². The molecule has 2 aromatic carbocycles. The van der Waals surface area contributed by atoms with Crippen molar-refractivity contribution in [3.8, 4) is 0 Å². The molecule has 30 heavy (non-hydrogen) atoms. The lowest BCUT2D eigenvalue weighted by Crippen LogP contribution is -2.35. The summed E-state index contributed by atoms with van der Waals surface area (Å²) in [7, 11) is 0. The number of halogens is 2. The smallest absolute Gasteiger partial charge is 0.229 e. The van der Waals surface area contributed by atoms with Gasteiger partial charge in [-0.2, -0.15) is 4.98 Å². The van der Waals surface area contributed by atoms with Gasteiger partial charge in [0.25, 0.3) is 0 Å². The van der Waals surface area contributed by atoms with Gasteiger partial charge in [0.1, 0.15) is 11.6 Å². The second-order valence-corrected chi connectivity index (χ2v) is 7.53. The number of hydrogen-bond donors (Lipinski definition) is 2. The van der Waals surface area contributed by atoms with E-state index in [-0.39, 0.29) is 24.3 Å². The zero-order valence-corrected chi connectivity index (χ0v) is 18.3. The summed E-state index contributed by atoms with van der Waals surface area (Å²) in [5.74, 6) is 1.22. The van der Waals surface area contributed by atoms with Crippen LogP contribution in [0.2, 0.25) is 0 Å². The quantitative estimate of drug-likeness (QED) is 0.614. The number of nitrogens with one attached hydrogen (secondary N) is 1. The van der Waals surface area contributed by atoms with Gasteiger partial charge >= 0.3 is 0 Å². The monoisotopic (exact) mass is 427 g/mol. The van der Waals surface area contributed by atoms with Gasteiger partial charge in [-0.1, -0.05) is 24.3 Å². The first-order valence-corrected chi connectivity index (χ1v) is 9.93. The van der Waals surface area contributed by atoms with Crippen molar-refractivity contribution in [1.29, 1.82) is 0 Å². The SMILES string of the molecule is Cc1nc(Nc2ccccc2CN)nc(N2CCc3ccc(F)cc3C2C)c1C.Cl. The summed E-state index contributed by atoms with van der Waals surface area (Å²) in [5, 5.41) is 3.33. The maximum atomic E-state index is 13.9. The topological polar surface area (TPSA) is 67.1 Å². The zero-order chi connectivity index (χ0) is 20.5. The molecule has 5 nitrogen and oxygen atoms in total. The van der Waals surface area contributed by atoms with Gasteiger partial charge in [-0.3, -0.25) is 0 Å². The molecule has 2 heterocycles. The minimum atomic E-state index is -0.200. The number of fused-ring (bicyclic) bond motifs is 1. The van der Waals surface area contributed by atoms with Crippen molar-refractivity contribution in [2.24, 2.45) is 5.73 Å². The van der Waals surface area contributed by atoms with Crippen molar-refractivity contribution < 1.29 is 4.39 Å². The van der Waals surface area contributed by atoms with E-state index < -0.39 is 0 Å². The number of aromatic nitrogens is 2. The number of anilines is 3. The molecule has 0 saturated heterocycles.